The third-order valence-corrected chi connectivity index (χ3v) is 8.69. The number of hydrogen-bond donors (Lipinski definition) is 4. The van der Waals surface area contributed by atoms with Gasteiger partial charge in [-0.25, -0.2) is 4.79 Å². The maximum Gasteiger partial charge on any atom is 0.328 e. The summed E-state index contributed by atoms with van der Waals surface area (Å²) in [6, 6.07) is -1.39. The predicted molar refractivity (Wildman–Crippen MR) is 199 cm³/mol. The number of carbonyl (C=O) groups is 4. The number of aliphatic carboxylic acids is 1. The summed E-state index contributed by atoms with van der Waals surface area (Å²) >= 11 is 0. The van der Waals surface area contributed by atoms with Crippen LogP contribution >= 0.6 is 0 Å². The van der Waals surface area contributed by atoms with Crippen LogP contribution in [0.1, 0.15) is 181 Å². The van der Waals surface area contributed by atoms with Crippen LogP contribution in [0.4, 0.5) is 0 Å². The van der Waals surface area contributed by atoms with Crippen molar-refractivity contribution in [3.05, 3.63) is 24.3 Å². The molecule has 2 amide bonds. The first kappa shape index (κ1) is 46.3. The van der Waals surface area contributed by atoms with Gasteiger partial charge >= 0.3 is 11.9 Å². The summed E-state index contributed by atoms with van der Waals surface area (Å²) in [5.74, 6) is -2.42. The molecular formula is C40H72N2O7. The summed E-state index contributed by atoms with van der Waals surface area (Å²) in [6.07, 6.45) is 36.6. The molecule has 0 bridgehead atoms. The van der Waals surface area contributed by atoms with Gasteiger partial charge in [-0.15, -0.1) is 0 Å². The zero-order valence-corrected chi connectivity index (χ0v) is 31.2. The van der Waals surface area contributed by atoms with Crippen molar-refractivity contribution in [2.75, 3.05) is 13.2 Å². The fraction of sp³-hybridized carbons (Fsp3) is 0.800. The van der Waals surface area contributed by atoms with Crippen LogP contribution in [0.25, 0.3) is 0 Å². The SMILES string of the molecule is CCCC/C=C\C/C=C\C(CCCCCCC(=O)NCC(=O)NC(CO)C(=O)O)OC(=O)CCCCCCCCCCCCCCCCC. The highest BCUT2D eigenvalue weighted by Crippen LogP contribution is 2.16. The Morgan fingerprint density at radius 3 is 1.71 bits per heavy atom. The third kappa shape index (κ3) is 32.3. The van der Waals surface area contributed by atoms with E-state index < -0.39 is 24.5 Å². The number of amides is 2. The number of carbonyl (C=O) groups excluding carboxylic acids is 3. The Labute approximate surface area is 298 Å². The van der Waals surface area contributed by atoms with Crippen LogP contribution in [0, 0.1) is 0 Å². The monoisotopic (exact) mass is 693 g/mol. The Balaban J connectivity index is 4.23. The zero-order valence-electron chi connectivity index (χ0n) is 31.2. The lowest BCUT2D eigenvalue weighted by atomic mass is 10.0. The molecule has 0 heterocycles. The van der Waals surface area contributed by atoms with Gasteiger partial charge in [0.05, 0.1) is 13.2 Å². The molecule has 9 heteroatoms. The summed E-state index contributed by atoms with van der Waals surface area (Å²) in [7, 11) is 0. The van der Waals surface area contributed by atoms with E-state index in [-0.39, 0.29) is 30.9 Å². The molecule has 0 radical (unpaired) electrons. The molecule has 0 spiro atoms. The van der Waals surface area contributed by atoms with Crippen LogP contribution in [0.5, 0.6) is 0 Å². The van der Waals surface area contributed by atoms with Gasteiger partial charge in [0.25, 0.3) is 0 Å². The second-order valence-electron chi connectivity index (χ2n) is 13.4. The van der Waals surface area contributed by atoms with Gasteiger partial charge in [-0.2, -0.15) is 0 Å². The average molecular weight is 693 g/mol. The summed E-state index contributed by atoms with van der Waals surface area (Å²) < 4.78 is 5.86. The zero-order chi connectivity index (χ0) is 36.2. The highest BCUT2D eigenvalue weighted by Gasteiger charge is 2.18. The van der Waals surface area contributed by atoms with E-state index in [1.54, 1.807) is 0 Å². The van der Waals surface area contributed by atoms with Crippen molar-refractivity contribution in [1.82, 2.24) is 10.6 Å². The normalized spacial score (nSPS) is 12.7. The molecule has 0 aromatic carbocycles. The summed E-state index contributed by atoms with van der Waals surface area (Å²) in [4.78, 5) is 47.3. The smallest absolute Gasteiger partial charge is 0.328 e. The number of aliphatic hydroxyl groups is 1. The molecule has 4 N–H and O–H groups in total. The Hall–Kier alpha value is -2.68. The van der Waals surface area contributed by atoms with Crippen LogP contribution < -0.4 is 10.6 Å². The van der Waals surface area contributed by atoms with Gasteiger partial charge in [0.2, 0.25) is 11.8 Å². The lowest BCUT2D eigenvalue weighted by molar-refractivity contribution is -0.147. The standard InChI is InChI=1S/C40H72N2O7/c1-3-5-7-9-11-12-13-14-15-16-17-18-20-22-28-32-39(46)49-35(29-25-21-19-10-8-6-4-2)30-26-23-24-27-31-37(44)41-33-38(45)42-36(34-43)40(47)48/h10,19,25,29,35-36,43H,3-9,11-18,20-24,26-28,30-34H2,1-2H3,(H,41,44)(H,42,45)(H,47,48)/b19-10-,29-25-. The summed E-state index contributed by atoms with van der Waals surface area (Å²) in [6.45, 7) is 3.39. The van der Waals surface area contributed by atoms with E-state index in [0.29, 0.717) is 12.8 Å². The molecule has 0 aliphatic heterocycles. The number of rotatable bonds is 35. The Morgan fingerprint density at radius 2 is 1.16 bits per heavy atom. The molecule has 0 aromatic heterocycles. The Kier molecular flexibility index (Phi) is 33.2. The van der Waals surface area contributed by atoms with E-state index in [0.717, 1.165) is 51.4 Å². The molecule has 0 aromatic rings. The van der Waals surface area contributed by atoms with Crippen LogP contribution in [0.15, 0.2) is 24.3 Å². The van der Waals surface area contributed by atoms with E-state index in [2.05, 4.69) is 42.7 Å². The number of ether oxygens (including phenoxy) is 1. The first-order valence-electron chi connectivity index (χ1n) is 19.7. The number of aliphatic hydroxyl groups excluding tert-OH is 1. The minimum atomic E-state index is -1.39. The van der Waals surface area contributed by atoms with Gasteiger partial charge in [-0.1, -0.05) is 148 Å². The second-order valence-corrected chi connectivity index (χ2v) is 13.4. The van der Waals surface area contributed by atoms with Crippen LogP contribution in [-0.4, -0.2) is 59.3 Å². The van der Waals surface area contributed by atoms with E-state index in [1.807, 2.05) is 6.08 Å². The predicted octanol–water partition coefficient (Wildman–Crippen LogP) is 8.87. The number of unbranched alkanes of at least 4 members (excludes halogenated alkanes) is 19. The lowest BCUT2D eigenvalue weighted by Crippen LogP contribution is -2.47. The van der Waals surface area contributed by atoms with Gasteiger partial charge in [0.15, 0.2) is 0 Å². The molecule has 0 rings (SSSR count). The molecule has 2 unspecified atom stereocenters. The minimum Gasteiger partial charge on any atom is -0.480 e. The topological polar surface area (TPSA) is 142 Å². The quantitative estimate of drug-likeness (QED) is 0.0295. The van der Waals surface area contributed by atoms with E-state index in [1.165, 1.54) is 96.3 Å². The number of esters is 1. The van der Waals surface area contributed by atoms with Crippen molar-refractivity contribution < 1.29 is 34.1 Å². The molecular weight excluding hydrogens is 620 g/mol. The number of carboxylic acid groups (broad SMARTS) is 1. The maximum absolute atomic E-state index is 12.6. The second kappa shape index (κ2) is 35.2. The first-order chi connectivity index (χ1) is 23.8. The molecule has 9 nitrogen and oxygen atoms in total. The average Bonchev–Trinajstić information content (AvgIpc) is 3.08. The number of carboxylic acids is 1. The largest absolute Gasteiger partial charge is 0.480 e. The van der Waals surface area contributed by atoms with E-state index in [4.69, 9.17) is 14.9 Å². The fourth-order valence-electron chi connectivity index (χ4n) is 5.59. The number of hydrogen-bond acceptors (Lipinski definition) is 6. The molecule has 0 aliphatic carbocycles. The van der Waals surface area contributed by atoms with Crippen molar-refractivity contribution >= 4 is 23.8 Å². The minimum absolute atomic E-state index is 0.128. The van der Waals surface area contributed by atoms with Crippen molar-refractivity contribution in [3.63, 3.8) is 0 Å². The Bertz CT molecular complexity index is 890. The highest BCUT2D eigenvalue weighted by atomic mass is 16.5. The lowest BCUT2D eigenvalue weighted by Gasteiger charge is -2.15. The molecule has 49 heavy (non-hydrogen) atoms. The number of allylic oxidation sites excluding steroid dienone is 3. The third-order valence-electron chi connectivity index (χ3n) is 8.69. The molecule has 284 valence electrons. The summed E-state index contributed by atoms with van der Waals surface area (Å²) in [5, 5.41) is 22.5. The first-order valence-corrected chi connectivity index (χ1v) is 19.7. The van der Waals surface area contributed by atoms with Gasteiger partial charge < -0.3 is 25.6 Å². The van der Waals surface area contributed by atoms with E-state index >= 15 is 0 Å². The summed E-state index contributed by atoms with van der Waals surface area (Å²) in [5.41, 5.74) is 0. The van der Waals surface area contributed by atoms with Gasteiger partial charge in [0.1, 0.15) is 12.1 Å². The molecule has 0 fully saturated rings. The molecule has 0 aliphatic rings. The molecule has 0 saturated carbocycles. The van der Waals surface area contributed by atoms with Crippen molar-refractivity contribution in [2.45, 2.75) is 193 Å². The maximum atomic E-state index is 12.6. The van der Waals surface area contributed by atoms with Crippen LogP contribution in [0.3, 0.4) is 0 Å². The van der Waals surface area contributed by atoms with Crippen molar-refractivity contribution in [1.29, 1.82) is 0 Å². The Morgan fingerprint density at radius 1 is 0.633 bits per heavy atom. The van der Waals surface area contributed by atoms with Gasteiger partial charge in [0, 0.05) is 12.8 Å². The van der Waals surface area contributed by atoms with E-state index in [9.17, 15) is 19.2 Å². The fourth-order valence-corrected chi connectivity index (χ4v) is 5.59. The van der Waals surface area contributed by atoms with Gasteiger partial charge in [-0.3, -0.25) is 14.4 Å². The van der Waals surface area contributed by atoms with Crippen LogP contribution in [-0.2, 0) is 23.9 Å². The number of nitrogens with one attached hydrogen (secondary N) is 2. The molecule has 2 atom stereocenters. The van der Waals surface area contributed by atoms with Gasteiger partial charge in [-0.05, 0) is 44.6 Å². The van der Waals surface area contributed by atoms with Crippen LogP contribution in [0.2, 0.25) is 0 Å². The van der Waals surface area contributed by atoms with Crippen molar-refractivity contribution in [2.24, 2.45) is 0 Å². The molecule has 0 saturated heterocycles. The van der Waals surface area contributed by atoms with Crippen molar-refractivity contribution in [3.8, 4) is 0 Å². The highest BCUT2D eigenvalue weighted by molar-refractivity contribution is 5.87.